The second-order valence-electron chi connectivity index (χ2n) is 6.23. The lowest BCUT2D eigenvalue weighted by Gasteiger charge is -2.12. The molecule has 0 saturated heterocycles. The first kappa shape index (κ1) is 17.0. The Morgan fingerprint density at radius 3 is 2.48 bits per heavy atom. The number of methoxy groups -OCH3 is 2. The van der Waals surface area contributed by atoms with Crippen molar-refractivity contribution in [2.75, 3.05) is 14.2 Å². The van der Waals surface area contributed by atoms with E-state index in [4.69, 9.17) is 14.5 Å². The first-order valence-electron chi connectivity index (χ1n) is 8.50. The van der Waals surface area contributed by atoms with Gasteiger partial charge in [-0.3, -0.25) is 0 Å². The molecule has 27 heavy (non-hydrogen) atoms. The van der Waals surface area contributed by atoms with Crippen LogP contribution in [-0.4, -0.2) is 39.4 Å². The molecule has 0 bridgehead atoms. The molecule has 136 valence electrons. The highest BCUT2D eigenvalue weighted by atomic mass is 16.5. The highest BCUT2D eigenvalue weighted by molar-refractivity contribution is 5.87. The Labute approximate surface area is 156 Å². The molecular formula is C20H19N5O2. The molecular weight excluding hydrogens is 342 g/mol. The average Bonchev–Trinajstić information content (AvgIpc) is 3.13. The number of pyridine rings is 1. The molecule has 2 heterocycles. The number of fused-ring (bicyclic) bond motifs is 1. The van der Waals surface area contributed by atoms with Gasteiger partial charge in [0.2, 0.25) is 0 Å². The Morgan fingerprint density at radius 1 is 0.926 bits per heavy atom. The number of ether oxygens (including phenoxy) is 2. The van der Waals surface area contributed by atoms with E-state index in [1.807, 2.05) is 43.3 Å². The monoisotopic (exact) mass is 361 g/mol. The number of hydrogen-bond acceptors (Lipinski definition) is 6. The summed E-state index contributed by atoms with van der Waals surface area (Å²) in [5.41, 5.74) is 4.63. The van der Waals surface area contributed by atoms with Crippen LogP contribution in [0.3, 0.4) is 0 Å². The summed E-state index contributed by atoms with van der Waals surface area (Å²) in [6, 6.07) is 13.7. The van der Waals surface area contributed by atoms with Gasteiger partial charge in [-0.05, 0) is 72.3 Å². The molecule has 4 rings (SSSR count). The van der Waals surface area contributed by atoms with Gasteiger partial charge in [0.05, 0.1) is 31.1 Å². The average molecular weight is 361 g/mol. The Morgan fingerprint density at radius 2 is 1.78 bits per heavy atom. The molecule has 0 spiro atoms. The Bertz CT molecular complexity index is 1140. The standard InChI is InChI=1S/C20H19N5O2/c1-12-9-19(17-11-15(26-3)6-8-20(17)27-4)21-18-7-5-14(10-16(12)18)25-13(2)22-23-24-25/h5-11H,1-4H3. The Hall–Kier alpha value is -3.48. The topological polar surface area (TPSA) is 75.0 Å². The Kier molecular flexibility index (Phi) is 4.19. The van der Waals surface area contributed by atoms with Crippen molar-refractivity contribution in [2.45, 2.75) is 13.8 Å². The van der Waals surface area contributed by atoms with E-state index in [-0.39, 0.29) is 0 Å². The normalized spacial score (nSPS) is 11.0. The van der Waals surface area contributed by atoms with Gasteiger partial charge in [0.1, 0.15) is 11.5 Å². The fraction of sp³-hybridized carbons (Fsp3) is 0.200. The van der Waals surface area contributed by atoms with Gasteiger partial charge in [-0.15, -0.1) is 5.10 Å². The fourth-order valence-electron chi connectivity index (χ4n) is 3.14. The number of aryl methyl sites for hydroxylation is 2. The van der Waals surface area contributed by atoms with E-state index < -0.39 is 0 Å². The number of aromatic nitrogens is 5. The molecule has 0 unspecified atom stereocenters. The molecule has 0 amide bonds. The predicted octanol–water partition coefficient (Wildman–Crippen LogP) is 3.51. The third-order valence-electron chi connectivity index (χ3n) is 4.55. The summed E-state index contributed by atoms with van der Waals surface area (Å²) in [4.78, 5) is 4.84. The molecule has 0 radical (unpaired) electrons. The summed E-state index contributed by atoms with van der Waals surface area (Å²) < 4.78 is 12.6. The minimum Gasteiger partial charge on any atom is -0.497 e. The van der Waals surface area contributed by atoms with Crippen LogP contribution in [0.1, 0.15) is 11.4 Å². The molecule has 0 aliphatic heterocycles. The molecule has 2 aromatic carbocycles. The van der Waals surface area contributed by atoms with Gasteiger partial charge in [-0.25, -0.2) is 4.98 Å². The molecule has 0 aliphatic carbocycles. The lowest BCUT2D eigenvalue weighted by atomic mass is 10.0. The van der Waals surface area contributed by atoms with Gasteiger partial charge in [0, 0.05) is 10.9 Å². The largest absolute Gasteiger partial charge is 0.497 e. The maximum atomic E-state index is 5.51. The Balaban J connectivity index is 1.87. The third kappa shape index (κ3) is 2.97. The highest BCUT2D eigenvalue weighted by Gasteiger charge is 2.13. The van der Waals surface area contributed by atoms with Gasteiger partial charge < -0.3 is 9.47 Å². The summed E-state index contributed by atoms with van der Waals surface area (Å²) in [5.74, 6) is 2.25. The van der Waals surface area contributed by atoms with Crippen LogP contribution in [0.15, 0.2) is 42.5 Å². The SMILES string of the molecule is COc1ccc(OC)c(-c2cc(C)c3cc(-n4nnnc4C)ccc3n2)c1. The van der Waals surface area contributed by atoms with E-state index in [0.29, 0.717) is 0 Å². The summed E-state index contributed by atoms with van der Waals surface area (Å²) in [6.45, 7) is 3.93. The molecule has 7 nitrogen and oxygen atoms in total. The quantitative estimate of drug-likeness (QED) is 0.554. The van der Waals surface area contributed by atoms with Gasteiger partial charge >= 0.3 is 0 Å². The smallest absolute Gasteiger partial charge is 0.153 e. The van der Waals surface area contributed by atoms with Crippen LogP contribution in [0.5, 0.6) is 11.5 Å². The van der Waals surface area contributed by atoms with Gasteiger partial charge in [0.25, 0.3) is 0 Å². The van der Waals surface area contributed by atoms with Crippen molar-refractivity contribution >= 4 is 10.9 Å². The van der Waals surface area contributed by atoms with E-state index in [0.717, 1.165) is 50.7 Å². The first-order chi connectivity index (χ1) is 13.1. The van der Waals surface area contributed by atoms with E-state index in [9.17, 15) is 0 Å². The van der Waals surface area contributed by atoms with Crippen LogP contribution >= 0.6 is 0 Å². The van der Waals surface area contributed by atoms with E-state index in [1.54, 1.807) is 18.9 Å². The highest BCUT2D eigenvalue weighted by Crippen LogP contribution is 2.34. The number of benzene rings is 2. The third-order valence-corrected chi connectivity index (χ3v) is 4.55. The fourth-order valence-corrected chi connectivity index (χ4v) is 3.14. The summed E-state index contributed by atoms with van der Waals surface area (Å²) in [6.07, 6.45) is 0. The molecule has 2 aromatic heterocycles. The van der Waals surface area contributed by atoms with Crippen molar-refractivity contribution < 1.29 is 9.47 Å². The first-order valence-corrected chi connectivity index (χ1v) is 8.50. The molecule has 0 fully saturated rings. The van der Waals surface area contributed by atoms with Crippen LogP contribution in [0, 0.1) is 13.8 Å². The molecule has 7 heteroatoms. The second kappa shape index (κ2) is 6.68. The molecule has 0 saturated carbocycles. The maximum Gasteiger partial charge on any atom is 0.153 e. The van der Waals surface area contributed by atoms with Crippen LogP contribution in [0.25, 0.3) is 27.8 Å². The van der Waals surface area contributed by atoms with E-state index in [1.165, 1.54) is 0 Å². The lowest BCUT2D eigenvalue weighted by Crippen LogP contribution is -2.00. The molecule has 4 aromatic rings. The minimum atomic E-state index is 0.734. The predicted molar refractivity (Wildman–Crippen MR) is 102 cm³/mol. The zero-order valence-corrected chi connectivity index (χ0v) is 15.6. The van der Waals surface area contributed by atoms with Crippen LogP contribution in [0.2, 0.25) is 0 Å². The zero-order chi connectivity index (χ0) is 19.0. The second-order valence-corrected chi connectivity index (χ2v) is 6.23. The van der Waals surface area contributed by atoms with Crippen molar-refractivity contribution in [1.29, 1.82) is 0 Å². The molecule has 0 atom stereocenters. The van der Waals surface area contributed by atoms with Gasteiger partial charge in [-0.2, -0.15) is 4.68 Å². The van der Waals surface area contributed by atoms with E-state index >= 15 is 0 Å². The van der Waals surface area contributed by atoms with Crippen LogP contribution in [-0.2, 0) is 0 Å². The molecule has 0 N–H and O–H groups in total. The van der Waals surface area contributed by atoms with Gasteiger partial charge in [-0.1, -0.05) is 0 Å². The van der Waals surface area contributed by atoms with Gasteiger partial charge in [0.15, 0.2) is 5.82 Å². The van der Waals surface area contributed by atoms with Crippen molar-refractivity contribution in [3.05, 3.63) is 53.9 Å². The maximum absolute atomic E-state index is 5.51. The summed E-state index contributed by atoms with van der Waals surface area (Å²) in [7, 11) is 3.30. The number of nitrogens with zero attached hydrogens (tertiary/aromatic N) is 5. The number of rotatable bonds is 4. The summed E-state index contributed by atoms with van der Waals surface area (Å²) >= 11 is 0. The van der Waals surface area contributed by atoms with Crippen LogP contribution < -0.4 is 9.47 Å². The van der Waals surface area contributed by atoms with Crippen LogP contribution in [0.4, 0.5) is 0 Å². The van der Waals surface area contributed by atoms with E-state index in [2.05, 4.69) is 28.5 Å². The lowest BCUT2D eigenvalue weighted by molar-refractivity contribution is 0.404. The number of tetrazole rings is 1. The van der Waals surface area contributed by atoms with Crippen molar-refractivity contribution in [3.8, 4) is 28.4 Å². The van der Waals surface area contributed by atoms with Crippen molar-refractivity contribution in [1.82, 2.24) is 25.2 Å². The molecule has 0 aliphatic rings. The summed E-state index contributed by atoms with van der Waals surface area (Å²) in [5, 5.41) is 12.7. The van der Waals surface area contributed by atoms with Crippen molar-refractivity contribution in [2.24, 2.45) is 0 Å². The minimum absolute atomic E-state index is 0.734. The number of hydrogen-bond donors (Lipinski definition) is 0. The zero-order valence-electron chi connectivity index (χ0n) is 15.6. The van der Waals surface area contributed by atoms with Crippen molar-refractivity contribution in [3.63, 3.8) is 0 Å².